The van der Waals surface area contributed by atoms with Gasteiger partial charge in [-0.1, -0.05) is 12.1 Å². The molecule has 2 N–H and O–H groups in total. The van der Waals surface area contributed by atoms with Gasteiger partial charge >= 0.3 is 0 Å². The number of rotatable bonds is 7. The molecular formula is C17H17N3O5. The monoisotopic (exact) mass is 343 g/mol. The van der Waals surface area contributed by atoms with Crippen LogP contribution in [0.2, 0.25) is 0 Å². The molecule has 2 aromatic rings. The summed E-state index contributed by atoms with van der Waals surface area (Å²) >= 11 is 0. The normalized spacial score (nSPS) is 10.1. The summed E-state index contributed by atoms with van der Waals surface area (Å²) in [5.41, 5.74) is 0.810. The molecule has 0 unspecified atom stereocenters. The molecule has 8 heteroatoms. The number of non-ortho nitro benzene ring substituents is 1. The SMILES string of the molecule is COCCNC(=O)c1ccccc1NC(=O)c1ccc([N+](=O)[O-])cc1. The Kier molecular flexibility index (Phi) is 6.19. The second kappa shape index (κ2) is 8.55. The quantitative estimate of drug-likeness (QED) is 0.455. The number of nitro groups is 1. The number of hydrogen-bond acceptors (Lipinski definition) is 5. The van der Waals surface area contributed by atoms with E-state index in [1.165, 1.54) is 31.4 Å². The number of carbonyl (C=O) groups is 2. The van der Waals surface area contributed by atoms with Crippen molar-refractivity contribution in [3.8, 4) is 0 Å². The summed E-state index contributed by atoms with van der Waals surface area (Å²) in [6.45, 7) is 0.725. The van der Waals surface area contributed by atoms with Gasteiger partial charge in [-0.15, -0.1) is 0 Å². The van der Waals surface area contributed by atoms with Gasteiger partial charge in [0, 0.05) is 31.4 Å². The molecule has 2 rings (SSSR count). The molecule has 130 valence electrons. The molecule has 0 aromatic heterocycles. The maximum atomic E-state index is 12.3. The van der Waals surface area contributed by atoms with Gasteiger partial charge in [0.15, 0.2) is 0 Å². The predicted molar refractivity (Wildman–Crippen MR) is 91.7 cm³/mol. The minimum Gasteiger partial charge on any atom is -0.383 e. The van der Waals surface area contributed by atoms with E-state index in [0.29, 0.717) is 24.4 Å². The average Bonchev–Trinajstić information content (AvgIpc) is 2.62. The number of nitrogens with zero attached hydrogens (tertiary/aromatic N) is 1. The van der Waals surface area contributed by atoms with Crippen LogP contribution in [0.5, 0.6) is 0 Å². The maximum absolute atomic E-state index is 12.3. The minimum atomic E-state index is -0.540. The van der Waals surface area contributed by atoms with E-state index in [1.807, 2.05) is 0 Å². The second-order valence-corrected chi connectivity index (χ2v) is 5.05. The first-order valence-corrected chi connectivity index (χ1v) is 7.45. The van der Waals surface area contributed by atoms with Crippen molar-refractivity contribution in [2.75, 3.05) is 25.6 Å². The van der Waals surface area contributed by atoms with Gasteiger partial charge in [0.2, 0.25) is 0 Å². The molecular weight excluding hydrogens is 326 g/mol. The Balaban J connectivity index is 2.12. The van der Waals surface area contributed by atoms with E-state index in [9.17, 15) is 19.7 Å². The third-order valence-corrected chi connectivity index (χ3v) is 3.35. The van der Waals surface area contributed by atoms with Crippen LogP contribution in [0.3, 0.4) is 0 Å². The topological polar surface area (TPSA) is 111 Å². The first-order chi connectivity index (χ1) is 12.0. The van der Waals surface area contributed by atoms with Crippen LogP contribution in [0, 0.1) is 10.1 Å². The van der Waals surface area contributed by atoms with Crippen LogP contribution in [-0.2, 0) is 4.74 Å². The van der Waals surface area contributed by atoms with Crippen molar-refractivity contribution in [2.24, 2.45) is 0 Å². The molecule has 0 aliphatic carbocycles. The van der Waals surface area contributed by atoms with Crippen LogP contribution >= 0.6 is 0 Å². The third-order valence-electron chi connectivity index (χ3n) is 3.35. The molecule has 2 amide bonds. The Morgan fingerprint density at radius 3 is 2.40 bits per heavy atom. The Hall–Kier alpha value is -3.26. The molecule has 8 nitrogen and oxygen atoms in total. The highest BCUT2D eigenvalue weighted by molar-refractivity contribution is 6.09. The number of hydrogen-bond donors (Lipinski definition) is 2. The molecule has 25 heavy (non-hydrogen) atoms. The van der Waals surface area contributed by atoms with Gasteiger partial charge in [0.05, 0.1) is 22.8 Å². The number of benzene rings is 2. The third kappa shape index (κ3) is 4.85. The fourth-order valence-electron chi connectivity index (χ4n) is 2.08. The number of anilines is 1. The number of para-hydroxylation sites is 1. The number of methoxy groups -OCH3 is 1. The molecule has 0 spiro atoms. The first kappa shape index (κ1) is 18.1. The zero-order chi connectivity index (χ0) is 18.2. The highest BCUT2D eigenvalue weighted by atomic mass is 16.6. The zero-order valence-corrected chi connectivity index (χ0v) is 13.5. The van der Waals surface area contributed by atoms with Crippen molar-refractivity contribution < 1.29 is 19.2 Å². The lowest BCUT2D eigenvalue weighted by atomic mass is 10.1. The number of nitro benzene ring substituents is 1. The molecule has 0 saturated carbocycles. The number of amides is 2. The highest BCUT2D eigenvalue weighted by Gasteiger charge is 2.14. The largest absolute Gasteiger partial charge is 0.383 e. The van der Waals surface area contributed by atoms with E-state index in [-0.39, 0.29) is 17.2 Å². The zero-order valence-electron chi connectivity index (χ0n) is 13.5. The summed E-state index contributed by atoms with van der Waals surface area (Å²) in [7, 11) is 1.53. The van der Waals surface area contributed by atoms with E-state index >= 15 is 0 Å². The average molecular weight is 343 g/mol. The molecule has 2 aromatic carbocycles. The Morgan fingerprint density at radius 1 is 1.08 bits per heavy atom. The summed E-state index contributed by atoms with van der Waals surface area (Å²) in [5, 5.41) is 16.0. The number of ether oxygens (including phenoxy) is 1. The van der Waals surface area contributed by atoms with E-state index in [4.69, 9.17) is 4.74 Å². The van der Waals surface area contributed by atoms with E-state index in [2.05, 4.69) is 10.6 Å². The van der Waals surface area contributed by atoms with Crippen molar-refractivity contribution in [2.45, 2.75) is 0 Å². The predicted octanol–water partition coefficient (Wildman–Crippen LogP) is 2.22. The lowest BCUT2D eigenvalue weighted by Gasteiger charge is -2.11. The van der Waals surface area contributed by atoms with Crippen LogP contribution in [0.25, 0.3) is 0 Å². The Morgan fingerprint density at radius 2 is 1.76 bits per heavy atom. The molecule has 0 atom stereocenters. The molecule has 0 fully saturated rings. The van der Waals surface area contributed by atoms with Crippen molar-refractivity contribution >= 4 is 23.2 Å². The molecule has 0 saturated heterocycles. The molecule has 0 aliphatic rings. The smallest absolute Gasteiger partial charge is 0.269 e. The lowest BCUT2D eigenvalue weighted by Crippen LogP contribution is -2.28. The number of nitrogens with one attached hydrogen (secondary N) is 2. The highest BCUT2D eigenvalue weighted by Crippen LogP contribution is 2.17. The fraction of sp³-hybridized carbons (Fsp3) is 0.176. The summed E-state index contributed by atoms with van der Waals surface area (Å²) in [6.07, 6.45) is 0. The van der Waals surface area contributed by atoms with Crippen molar-refractivity contribution in [1.82, 2.24) is 5.32 Å². The van der Waals surface area contributed by atoms with Gasteiger partial charge in [0.25, 0.3) is 17.5 Å². The van der Waals surface area contributed by atoms with Crippen LogP contribution in [0.15, 0.2) is 48.5 Å². The summed E-state index contributed by atoms with van der Waals surface area (Å²) < 4.78 is 4.87. The first-order valence-electron chi connectivity index (χ1n) is 7.45. The van der Waals surface area contributed by atoms with E-state index < -0.39 is 10.8 Å². The maximum Gasteiger partial charge on any atom is 0.269 e. The van der Waals surface area contributed by atoms with Crippen molar-refractivity contribution in [1.29, 1.82) is 0 Å². The van der Waals surface area contributed by atoms with Gasteiger partial charge in [-0.25, -0.2) is 0 Å². The Labute approximate surface area is 144 Å². The molecule has 0 heterocycles. The van der Waals surface area contributed by atoms with Gasteiger partial charge in [0.1, 0.15) is 0 Å². The summed E-state index contributed by atoms with van der Waals surface area (Å²) in [6, 6.07) is 11.8. The van der Waals surface area contributed by atoms with E-state index in [1.54, 1.807) is 24.3 Å². The summed E-state index contributed by atoms with van der Waals surface area (Å²) in [4.78, 5) is 34.6. The van der Waals surface area contributed by atoms with Gasteiger partial charge in [-0.3, -0.25) is 19.7 Å². The Bertz CT molecular complexity index is 774. The molecule has 0 radical (unpaired) electrons. The van der Waals surface area contributed by atoms with Gasteiger partial charge in [-0.05, 0) is 24.3 Å². The van der Waals surface area contributed by atoms with E-state index in [0.717, 1.165) is 0 Å². The van der Waals surface area contributed by atoms with Gasteiger partial charge < -0.3 is 15.4 Å². The van der Waals surface area contributed by atoms with Crippen LogP contribution < -0.4 is 10.6 Å². The van der Waals surface area contributed by atoms with Crippen molar-refractivity contribution in [3.05, 3.63) is 69.8 Å². The summed E-state index contributed by atoms with van der Waals surface area (Å²) in [5.74, 6) is -0.802. The standard InChI is InChI=1S/C17H17N3O5/c1-25-11-10-18-17(22)14-4-2-3-5-15(14)19-16(21)12-6-8-13(9-7-12)20(23)24/h2-9H,10-11H2,1H3,(H,18,22)(H,19,21). The molecule has 0 aliphatic heterocycles. The van der Waals surface area contributed by atoms with Gasteiger partial charge in [-0.2, -0.15) is 0 Å². The lowest BCUT2D eigenvalue weighted by molar-refractivity contribution is -0.384. The minimum absolute atomic E-state index is 0.102. The van der Waals surface area contributed by atoms with Crippen LogP contribution in [0.1, 0.15) is 20.7 Å². The van der Waals surface area contributed by atoms with Crippen molar-refractivity contribution in [3.63, 3.8) is 0 Å². The van der Waals surface area contributed by atoms with Crippen LogP contribution in [0.4, 0.5) is 11.4 Å². The fourth-order valence-corrected chi connectivity index (χ4v) is 2.08. The number of carbonyl (C=O) groups excluding carboxylic acids is 2. The molecule has 0 bridgehead atoms. The second-order valence-electron chi connectivity index (χ2n) is 5.05. The van der Waals surface area contributed by atoms with Crippen LogP contribution in [-0.4, -0.2) is 37.0 Å².